The summed E-state index contributed by atoms with van der Waals surface area (Å²) in [4.78, 5) is 0. The van der Waals surface area contributed by atoms with Crippen molar-refractivity contribution in [2.45, 2.75) is 18.9 Å². The predicted octanol–water partition coefficient (Wildman–Crippen LogP) is 2.31. The van der Waals surface area contributed by atoms with E-state index < -0.39 is 0 Å². The van der Waals surface area contributed by atoms with Gasteiger partial charge in [0, 0.05) is 18.6 Å². The smallest absolute Gasteiger partial charge is 0.129 e. The van der Waals surface area contributed by atoms with Crippen molar-refractivity contribution in [3.05, 3.63) is 30.5 Å². The van der Waals surface area contributed by atoms with E-state index in [0.717, 1.165) is 31.7 Å². The zero-order valence-electron chi connectivity index (χ0n) is 10.1. The third-order valence-corrected chi connectivity index (χ3v) is 3.47. The molecule has 0 saturated carbocycles. The van der Waals surface area contributed by atoms with Crippen molar-refractivity contribution < 1.29 is 4.74 Å². The second-order valence-electron chi connectivity index (χ2n) is 4.68. The molecule has 1 saturated heterocycles. The Morgan fingerprint density at radius 2 is 2.06 bits per heavy atom. The molecule has 1 aromatic heterocycles. The molecule has 0 atom stereocenters. The Bertz CT molecular complexity index is 512. The van der Waals surface area contributed by atoms with E-state index in [2.05, 4.69) is 47.4 Å². The molecule has 1 aliphatic heterocycles. The highest BCUT2D eigenvalue weighted by atomic mass is 16.5. The van der Waals surface area contributed by atoms with E-state index >= 15 is 0 Å². The van der Waals surface area contributed by atoms with Crippen LogP contribution in [0.15, 0.2) is 30.5 Å². The molecule has 2 heterocycles. The van der Waals surface area contributed by atoms with Crippen molar-refractivity contribution in [3.63, 3.8) is 0 Å². The molecule has 0 radical (unpaired) electrons. The minimum Gasteiger partial charge on any atom is -0.490 e. The van der Waals surface area contributed by atoms with Gasteiger partial charge in [0.05, 0.1) is 5.52 Å². The van der Waals surface area contributed by atoms with E-state index in [1.54, 1.807) is 0 Å². The number of aromatic nitrogens is 1. The highest BCUT2D eigenvalue weighted by molar-refractivity contribution is 5.86. The van der Waals surface area contributed by atoms with Gasteiger partial charge in [-0.25, -0.2) is 0 Å². The zero-order chi connectivity index (χ0) is 11.7. The Hall–Kier alpha value is -1.48. The molecule has 3 nitrogen and oxygen atoms in total. The summed E-state index contributed by atoms with van der Waals surface area (Å²) in [7, 11) is 2.07. The SMILES string of the molecule is Cn1ccc2c(OC3CCNCC3)cccc21. The Labute approximate surface area is 101 Å². The number of benzene rings is 1. The number of fused-ring (bicyclic) bond motifs is 1. The average Bonchev–Trinajstić information content (AvgIpc) is 2.74. The number of aryl methyl sites for hydroxylation is 1. The lowest BCUT2D eigenvalue weighted by Crippen LogP contribution is -2.34. The molecule has 90 valence electrons. The number of nitrogens with zero attached hydrogens (tertiary/aromatic N) is 1. The maximum Gasteiger partial charge on any atom is 0.129 e. The van der Waals surface area contributed by atoms with Gasteiger partial charge in [0.25, 0.3) is 0 Å². The van der Waals surface area contributed by atoms with Crippen molar-refractivity contribution >= 4 is 10.9 Å². The monoisotopic (exact) mass is 230 g/mol. The van der Waals surface area contributed by atoms with E-state index in [1.807, 2.05) is 0 Å². The summed E-state index contributed by atoms with van der Waals surface area (Å²) >= 11 is 0. The first kappa shape index (κ1) is 10.7. The Balaban J connectivity index is 1.89. The van der Waals surface area contributed by atoms with Crippen molar-refractivity contribution in [2.24, 2.45) is 7.05 Å². The van der Waals surface area contributed by atoms with Gasteiger partial charge in [-0.2, -0.15) is 0 Å². The standard InChI is InChI=1S/C14H18N2O/c1-16-10-7-12-13(16)3-2-4-14(12)17-11-5-8-15-9-6-11/h2-4,7,10-11,15H,5-6,8-9H2,1H3. The molecule has 3 heteroatoms. The number of piperidine rings is 1. The minimum absolute atomic E-state index is 0.363. The van der Waals surface area contributed by atoms with E-state index in [-0.39, 0.29) is 0 Å². The van der Waals surface area contributed by atoms with Crippen molar-refractivity contribution in [1.82, 2.24) is 9.88 Å². The van der Waals surface area contributed by atoms with E-state index in [4.69, 9.17) is 4.74 Å². The summed E-state index contributed by atoms with van der Waals surface area (Å²) in [5, 5.41) is 4.57. The lowest BCUT2D eigenvalue weighted by molar-refractivity contribution is 0.164. The topological polar surface area (TPSA) is 26.2 Å². The molecule has 0 aliphatic carbocycles. The van der Waals surface area contributed by atoms with E-state index in [9.17, 15) is 0 Å². The van der Waals surface area contributed by atoms with Gasteiger partial charge in [-0.05, 0) is 44.1 Å². The van der Waals surface area contributed by atoms with Crippen LogP contribution in [0.3, 0.4) is 0 Å². The summed E-state index contributed by atoms with van der Waals surface area (Å²) in [5.74, 6) is 1.02. The van der Waals surface area contributed by atoms with Crippen LogP contribution in [-0.4, -0.2) is 23.8 Å². The first-order valence-corrected chi connectivity index (χ1v) is 6.26. The van der Waals surface area contributed by atoms with Crippen LogP contribution in [0, 0.1) is 0 Å². The average molecular weight is 230 g/mol. The van der Waals surface area contributed by atoms with Crippen LogP contribution in [0.4, 0.5) is 0 Å². The molecule has 0 amide bonds. The summed E-state index contributed by atoms with van der Waals surface area (Å²) in [5.41, 5.74) is 1.23. The molecule has 3 rings (SSSR count). The van der Waals surface area contributed by atoms with Gasteiger partial charge < -0.3 is 14.6 Å². The lowest BCUT2D eigenvalue weighted by atomic mass is 10.1. The van der Waals surface area contributed by atoms with Crippen LogP contribution in [0.2, 0.25) is 0 Å². The summed E-state index contributed by atoms with van der Waals surface area (Å²) < 4.78 is 8.26. The fourth-order valence-electron chi connectivity index (χ4n) is 2.47. The van der Waals surface area contributed by atoms with Gasteiger partial charge in [0.2, 0.25) is 0 Å². The molecular weight excluding hydrogens is 212 g/mol. The van der Waals surface area contributed by atoms with Gasteiger partial charge in [-0.15, -0.1) is 0 Å². The first-order chi connectivity index (χ1) is 8.34. The second kappa shape index (κ2) is 4.41. The number of nitrogens with one attached hydrogen (secondary N) is 1. The normalized spacial score (nSPS) is 17.5. The van der Waals surface area contributed by atoms with Crippen LogP contribution < -0.4 is 10.1 Å². The molecule has 0 bridgehead atoms. The van der Waals surface area contributed by atoms with Gasteiger partial charge >= 0.3 is 0 Å². The molecule has 1 aliphatic rings. The van der Waals surface area contributed by atoms with Crippen LogP contribution in [-0.2, 0) is 7.05 Å². The summed E-state index contributed by atoms with van der Waals surface area (Å²) in [6.45, 7) is 2.13. The largest absolute Gasteiger partial charge is 0.490 e. The second-order valence-corrected chi connectivity index (χ2v) is 4.68. The third-order valence-electron chi connectivity index (χ3n) is 3.47. The number of hydrogen-bond donors (Lipinski definition) is 1. The number of ether oxygens (including phenoxy) is 1. The van der Waals surface area contributed by atoms with Gasteiger partial charge in [0.15, 0.2) is 0 Å². The van der Waals surface area contributed by atoms with Crippen LogP contribution in [0.1, 0.15) is 12.8 Å². The molecule has 2 aromatic rings. The van der Waals surface area contributed by atoms with E-state index in [0.29, 0.717) is 6.10 Å². The number of hydrogen-bond acceptors (Lipinski definition) is 2. The molecule has 1 N–H and O–H groups in total. The highest BCUT2D eigenvalue weighted by Crippen LogP contribution is 2.27. The highest BCUT2D eigenvalue weighted by Gasteiger charge is 2.15. The van der Waals surface area contributed by atoms with Gasteiger partial charge in [-0.3, -0.25) is 0 Å². The third kappa shape index (κ3) is 2.03. The number of rotatable bonds is 2. The summed E-state index contributed by atoms with van der Waals surface area (Å²) in [6, 6.07) is 8.40. The van der Waals surface area contributed by atoms with Crippen molar-refractivity contribution in [3.8, 4) is 5.75 Å². The zero-order valence-corrected chi connectivity index (χ0v) is 10.1. The molecule has 1 aromatic carbocycles. The van der Waals surface area contributed by atoms with Crippen LogP contribution in [0.25, 0.3) is 10.9 Å². The Kier molecular flexibility index (Phi) is 2.77. The predicted molar refractivity (Wildman–Crippen MR) is 69.4 cm³/mol. The van der Waals surface area contributed by atoms with Crippen molar-refractivity contribution in [2.75, 3.05) is 13.1 Å². The lowest BCUT2D eigenvalue weighted by Gasteiger charge is -2.24. The van der Waals surface area contributed by atoms with Gasteiger partial charge in [0.1, 0.15) is 11.9 Å². The van der Waals surface area contributed by atoms with Gasteiger partial charge in [-0.1, -0.05) is 6.07 Å². The minimum atomic E-state index is 0.363. The van der Waals surface area contributed by atoms with Crippen LogP contribution in [0.5, 0.6) is 5.75 Å². The molecular formula is C14H18N2O. The van der Waals surface area contributed by atoms with E-state index in [1.165, 1.54) is 10.9 Å². The maximum absolute atomic E-state index is 6.13. The quantitative estimate of drug-likeness (QED) is 0.856. The molecule has 17 heavy (non-hydrogen) atoms. The molecule has 0 spiro atoms. The fourth-order valence-corrected chi connectivity index (χ4v) is 2.47. The van der Waals surface area contributed by atoms with Crippen molar-refractivity contribution in [1.29, 1.82) is 0 Å². The summed E-state index contributed by atoms with van der Waals surface area (Å²) in [6.07, 6.45) is 4.65. The van der Waals surface area contributed by atoms with Crippen LogP contribution >= 0.6 is 0 Å². The Morgan fingerprint density at radius 1 is 1.24 bits per heavy atom. The molecule has 1 fully saturated rings. The first-order valence-electron chi connectivity index (χ1n) is 6.26. The fraction of sp³-hybridized carbons (Fsp3) is 0.429. The Morgan fingerprint density at radius 3 is 2.88 bits per heavy atom. The molecule has 0 unspecified atom stereocenters. The maximum atomic E-state index is 6.13.